The normalized spacial score (nSPS) is 13.7. The van der Waals surface area contributed by atoms with Gasteiger partial charge in [-0.2, -0.15) is 13.2 Å². The zero-order valence-corrected chi connectivity index (χ0v) is 12.3. The van der Waals surface area contributed by atoms with Gasteiger partial charge in [0.15, 0.2) is 6.04 Å². The topological polar surface area (TPSA) is 46.2 Å². The van der Waals surface area contributed by atoms with E-state index in [0.29, 0.717) is 12.1 Å². The van der Waals surface area contributed by atoms with Crippen molar-refractivity contribution in [2.45, 2.75) is 32.0 Å². The summed E-state index contributed by atoms with van der Waals surface area (Å²) < 4.78 is 44.7. The number of alkyl halides is 3. The first-order valence-electron chi connectivity index (χ1n) is 6.62. The van der Waals surface area contributed by atoms with E-state index in [1.165, 1.54) is 31.6 Å². The second-order valence-corrected chi connectivity index (χ2v) is 4.41. The lowest BCUT2D eigenvalue weighted by Crippen LogP contribution is -2.32. The van der Waals surface area contributed by atoms with Gasteiger partial charge in [-0.3, -0.25) is 0 Å². The molecule has 1 atom stereocenters. The molecule has 1 heterocycles. The van der Waals surface area contributed by atoms with Gasteiger partial charge in [0.25, 0.3) is 0 Å². The Balaban J connectivity index is 3.07. The van der Waals surface area contributed by atoms with Crippen molar-refractivity contribution in [2.75, 3.05) is 14.2 Å². The standard InChI is InChI=1S/C14H20F3N3O/c1-4-6-10(18-2)9-20-12(14(15,16)17)11-7-5-8-19-13(11)21-3/h5,7-9,12,18,20H,4,6H2,1-3H3/b10-9+. The molecular formula is C14H20F3N3O. The van der Waals surface area contributed by atoms with Crippen LogP contribution in [-0.2, 0) is 0 Å². The number of halogens is 3. The van der Waals surface area contributed by atoms with Gasteiger partial charge in [-0.05, 0) is 18.6 Å². The molecule has 0 radical (unpaired) electrons. The summed E-state index contributed by atoms with van der Waals surface area (Å²) in [6.45, 7) is 1.95. The van der Waals surface area contributed by atoms with Crippen LogP contribution in [0.15, 0.2) is 30.2 Å². The maximum Gasteiger partial charge on any atom is 0.412 e. The summed E-state index contributed by atoms with van der Waals surface area (Å²) in [7, 11) is 2.97. The molecule has 7 heteroatoms. The van der Waals surface area contributed by atoms with Crippen LogP contribution < -0.4 is 15.4 Å². The second-order valence-electron chi connectivity index (χ2n) is 4.41. The number of nitrogens with one attached hydrogen (secondary N) is 2. The predicted molar refractivity (Wildman–Crippen MR) is 74.8 cm³/mol. The Morgan fingerprint density at radius 2 is 2.19 bits per heavy atom. The van der Waals surface area contributed by atoms with E-state index in [4.69, 9.17) is 4.74 Å². The molecule has 0 aliphatic heterocycles. The molecule has 0 fully saturated rings. The number of ether oxygens (including phenoxy) is 1. The number of allylic oxidation sites excluding steroid dienone is 1. The number of hydrogen-bond donors (Lipinski definition) is 2. The van der Waals surface area contributed by atoms with Crippen LogP contribution in [-0.4, -0.2) is 25.3 Å². The third kappa shape index (κ3) is 4.84. The number of rotatable bonds is 7. The predicted octanol–water partition coefficient (Wildman–Crippen LogP) is 3.14. The molecule has 21 heavy (non-hydrogen) atoms. The van der Waals surface area contributed by atoms with Crippen molar-refractivity contribution in [2.24, 2.45) is 0 Å². The number of nitrogens with zero attached hydrogens (tertiary/aromatic N) is 1. The van der Waals surface area contributed by atoms with Gasteiger partial charge in [-0.25, -0.2) is 4.98 Å². The number of pyridine rings is 1. The quantitative estimate of drug-likeness (QED) is 0.812. The highest BCUT2D eigenvalue weighted by Gasteiger charge is 2.42. The van der Waals surface area contributed by atoms with Crippen molar-refractivity contribution >= 4 is 0 Å². The average Bonchev–Trinajstić information content (AvgIpc) is 2.45. The molecule has 1 unspecified atom stereocenters. The molecule has 1 aromatic heterocycles. The average molecular weight is 303 g/mol. The maximum absolute atomic E-state index is 13.3. The smallest absolute Gasteiger partial charge is 0.412 e. The molecule has 0 saturated heterocycles. The van der Waals surface area contributed by atoms with E-state index in [1.54, 1.807) is 7.05 Å². The lowest BCUT2D eigenvalue weighted by Gasteiger charge is -2.23. The van der Waals surface area contributed by atoms with Gasteiger partial charge >= 0.3 is 6.18 Å². The van der Waals surface area contributed by atoms with E-state index in [1.807, 2.05) is 6.92 Å². The molecule has 0 spiro atoms. The van der Waals surface area contributed by atoms with E-state index >= 15 is 0 Å². The van der Waals surface area contributed by atoms with Crippen LogP contribution in [0.1, 0.15) is 31.4 Å². The summed E-state index contributed by atoms with van der Waals surface area (Å²) in [4.78, 5) is 3.82. The van der Waals surface area contributed by atoms with Crippen LogP contribution in [0.2, 0.25) is 0 Å². The van der Waals surface area contributed by atoms with Crippen LogP contribution in [0.5, 0.6) is 5.88 Å². The third-order valence-electron chi connectivity index (χ3n) is 2.90. The lowest BCUT2D eigenvalue weighted by molar-refractivity contribution is -0.155. The van der Waals surface area contributed by atoms with Gasteiger partial charge in [-0.1, -0.05) is 13.3 Å². The molecule has 1 aromatic rings. The molecule has 0 bridgehead atoms. The fourth-order valence-corrected chi connectivity index (χ4v) is 1.88. The van der Waals surface area contributed by atoms with Crippen molar-refractivity contribution in [3.05, 3.63) is 35.8 Å². The molecule has 1 rings (SSSR count). The van der Waals surface area contributed by atoms with Gasteiger partial charge in [0, 0.05) is 30.7 Å². The fourth-order valence-electron chi connectivity index (χ4n) is 1.88. The molecule has 0 amide bonds. The van der Waals surface area contributed by atoms with Crippen LogP contribution in [0.25, 0.3) is 0 Å². The summed E-state index contributed by atoms with van der Waals surface area (Å²) in [6.07, 6.45) is -0.215. The first-order valence-corrected chi connectivity index (χ1v) is 6.62. The van der Waals surface area contributed by atoms with Crippen LogP contribution in [0.4, 0.5) is 13.2 Å². The van der Waals surface area contributed by atoms with Gasteiger partial charge in [0.05, 0.1) is 7.11 Å². The lowest BCUT2D eigenvalue weighted by atomic mass is 10.1. The minimum absolute atomic E-state index is 0.0396. The summed E-state index contributed by atoms with van der Waals surface area (Å²) in [5, 5.41) is 5.29. The van der Waals surface area contributed by atoms with Crippen molar-refractivity contribution in [1.82, 2.24) is 15.6 Å². The third-order valence-corrected chi connectivity index (χ3v) is 2.90. The second kappa shape index (κ2) is 7.75. The summed E-state index contributed by atoms with van der Waals surface area (Å²) in [5.74, 6) is -0.0396. The molecule has 2 N–H and O–H groups in total. The molecule has 0 aliphatic rings. The first kappa shape index (κ1) is 17.1. The Kier molecular flexibility index (Phi) is 6.33. The SMILES string of the molecule is CCC/C(=C\NC(c1cccnc1OC)C(F)(F)F)NC. The van der Waals surface area contributed by atoms with Crippen molar-refractivity contribution in [3.8, 4) is 5.88 Å². The highest BCUT2D eigenvalue weighted by atomic mass is 19.4. The van der Waals surface area contributed by atoms with Crippen molar-refractivity contribution in [3.63, 3.8) is 0 Å². The Morgan fingerprint density at radius 3 is 2.71 bits per heavy atom. The van der Waals surface area contributed by atoms with Crippen LogP contribution in [0, 0.1) is 0 Å². The van der Waals surface area contributed by atoms with E-state index in [0.717, 1.165) is 6.42 Å². The van der Waals surface area contributed by atoms with E-state index in [2.05, 4.69) is 15.6 Å². The van der Waals surface area contributed by atoms with Crippen molar-refractivity contribution in [1.29, 1.82) is 0 Å². The molecular weight excluding hydrogens is 283 g/mol. The monoisotopic (exact) mass is 303 g/mol. The Labute approximate surface area is 122 Å². The highest BCUT2D eigenvalue weighted by molar-refractivity contribution is 5.30. The van der Waals surface area contributed by atoms with Crippen molar-refractivity contribution < 1.29 is 17.9 Å². The number of hydrogen-bond acceptors (Lipinski definition) is 4. The summed E-state index contributed by atoms with van der Waals surface area (Å²) in [5.41, 5.74) is 0.658. The Hall–Kier alpha value is -1.92. The highest BCUT2D eigenvalue weighted by Crippen LogP contribution is 2.36. The first-order chi connectivity index (χ1) is 9.93. The van der Waals surface area contributed by atoms with E-state index in [9.17, 15) is 13.2 Å². The van der Waals surface area contributed by atoms with Gasteiger partial charge < -0.3 is 15.4 Å². The van der Waals surface area contributed by atoms with Crippen LogP contribution >= 0.6 is 0 Å². The molecule has 0 aromatic carbocycles. The van der Waals surface area contributed by atoms with Gasteiger partial charge in [0.1, 0.15) is 0 Å². The summed E-state index contributed by atoms with van der Waals surface area (Å²) >= 11 is 0. The Bertz CT molecular complexity index is 475. The zero-order valence-electron chi connectivity index (χ0n) is 12.3. The summed E-state index contributed by atoms with van der Waals surface area (Å²) in [6, 6.07) is 0.929. The Morgan fingerprint density at radius 1 is 1.48 bits per heavy atom. The minimum Gasteiger partial charge on any atom is -0.481 e. The number of methoxy groups -OCH3 is 1. The zero-order chi connectivity index (χ0) is 15.9. The van der Waals surface area contributed by atoms with E-state index < -0.39 is 12.2 Å². The molecule has 118 valence electrons. The van der Waals surface area contributed by atoms with Gasteiger partial charge in [0.2, 0.25) is 5.88 Å². The van der Waals surface area contributed by atoms with E-state index in [-0.39, 0.29) is 11.4 Å². The molecule has 4 nitrogen and oxygen atoms in total. The van der Waals surface area contributed by atoms with Crippen LogP contribution in [0.3, 0.4) is 0 Å². The molecule has 0 aliphatic carbocycles. The number of aromatic nitrogens is 1. The largest absolute Gasteiger partial charge is 0.481 e. The fraction of sp³-hybridized carbons (Fsp3) is 0.500. The molecule has 0 saturated carbocycles. The van der Waals surface area contributed by atoms with Gasteiger partial charge in [-0.15, -0.1) is 0 Å². The maximum atomic E-state index is 13.3. The minimum atomic E-state index is -4.46.